The fraction of sp³-hybridized carbons (Fsp3) is 0.500. The third-order valence-corrected chi connectivity index (χ3v) is 1.37. The largest absolute Gasteiger partial charge is 0.534 e. The van der Waals surface area contributed by atoms with Crippen LogP contribution in [0.1, 0.15) is 0 Å². The highest BCUT2D eigenvalue weighted by molar-refractivity contribution is 7.87. The summed E-state index contributed by atoms with van der Waals surface area (Å²) in [5.74, 6) is 0. The first-order chi connectivity index (χ1) is 4.31. The average molecular weight is 177 g/mol. The van der Waals surface area contributed by atoms with Crippen LogP contribution in [0.15, 0.2) is 0 Å². The monoisotopic (exact) mass is 177 g/mol. The molecule has 0 aliphatic rings. The Morgan fingerprint density at radius 1 is 1.40 bits per heavy atom. The number of halogens is 3. The Labute approximate surface area is 54.2 Å². The Balaban J connectivity index is 4.59. The predicted molar refractivity (Wildman–Crippen MR) is 24.8 cm³/mol. The van der Waals surface area contributed by atoms with E-state index in [1.807, 2.05) is 0 Å². The molecule has 0 bridgehead atoms. The van der Waals surface area contributed by atoms with Crippen LogP contribution in [0, 0.1) is 5.41 Å². The highest BCUT2D eigenvalue weighted by Gasteiger charge is 2.47. The molecule has 0 saturated heterocycles. The van der Waals surface area contributed by atoms with E-state index < -0.39 is 15.6 Å². The lowest BCUT2D eigenvalue weighted by Gasteiger charge is -2.03. The fourth-order valence-electron chi connectivity index (χ4n) is 0.118. The zero-order valence-electron chi connectivity index (χ0n) is 4.34. The molecular weight excluding hydrogens is 175 g/mol. The van der Waals surface area contributed by atoms with E-state index in [0.29, 0.717) is 0 Å². The minimum absolute atomic E-state index is 0.303. The van der Waals surface area contributed by atoms with E-state index in [-0.39, 0.29) is 6.40 Å². The van der Waals surface area contributed by atoms with Gasteiger partial charge in [0.05, 0.1) is 0 Å². The molecule has 0 aromatic heterocycles. The summed E-state index contributed by atoms with van der Waals surface area (Å²) in [5, 5.41) is 5.91. The van der Waals surface area contributed by atoms with E-state index in [9.17, 15) is 21.6 Å². The Bertz CT molecular complexity index is 216. The maximum atomic E-state index is 11.2. The number of hydrogen-bond acceptors (Lipinski definition) is 4. The SMILES string of the molecule is N=COS(=O)(=O)C(F)(F)F. The molecule has 0 amide bonds. The van der Waals surface area contributed by atoms with Crippen LogP contribution in [0.3, 0.4) is 0 Å². The van der Waals surface area contributed by atoms with Gasteiger partial charge in [-0.15, -0.1) is 0 Å². The van der Waals surface area contributed by atoms with Crippen molar-refractivity contribution in [2.24, 2.45) is 0 Å². The normalized spacial score (nSPS) is 12.7. The van der Waals surface area contributed by atoms with Gasteiger partial charge in [0.25, 0.3) is 0 Å². The van der Waals surface area contributed by atoms with Crippen LogP contribution in [0.4, 0.5) is 13.2 Å². The van der Waals surface area contributed by atoms with Gasteiger partial charge in [-0.3, -0.25) is 5.41 Å². The molecular formula is C2H2F3NO3S. The van der Waals surface area contributed by atoms with Gasteiger partial charge in [-0.05, 0) is 0 Å². The summed E-state index contributed by atoms with van der Waals surface area (Å²) in [7, 11) is -5.59. The van der Waals surface area contributed by atoms with E-state index in [0.717, 1.165) is 0 Å². The molecule has 0 fully saturated rings. The summed E-state index contributed by atoms with van der Waals surface area (Å²) in [6, 6.07) is 0. The first-order valence-electron chi connectivity index (χ1n) is 1.80. The average Bonchev–Trinajstić information content (AvgIpc) is 1.61. The standard InChI is InChI=1S/C2H2F3NO3S/c3-2(4,5)10(7,8)9-1-6/h1,6H. The number of rotatable bonds is 2. The highest BCUT2D eigenvalue weighted by atomic mass is 32.2. The number of hydrogen-bond donors (Lipinski definition) is 1. The van der Waals surface area contributed by atoms with Gasteiger partial charge in [-0.1, -0.05) is 0 Å². The lowest BCUT2D eigenvalue weighted by molar-refractivity contribution is -0.0502. The zero-order valence-corrected chi connectivity index (χ0v) is 5.16. The van der Waals surface area contributed by atoms with E-state index in [1.165, 1.54) is 0 Å². The van der Waals surface area contributed by atoms with E-state index in [2.05, 4.69) is 4.18 Å². The second-order valence-electron chi connectivity index (χ2n) is 1.11. The van der Waals surface area contributed by atoms with Crippen molar-refractivity contribution in [3.05, 3.63) is 0 Å². The van der Waals surface area contributed by atoms with Crippen molar-refractivity contribution in [2.75, 3.05) is 0 Å². The molecule has 0 aromatic rings. The quantitative estimate of drug-likeness (QED) is 0.288. The first kappa shape index (κ1) is 9.21. The van der Waals surface area contributed by atoms with E-state index >= 15 is 0 Å². The number of alkyl halides is 3. The van der Waals surface area contributed by atoms with Gasteiger partial charge in [0, 0.05) is 0 Å². The van der Waals surface area contributed by atoms with Crippen LogP contribution >= 0.6 is 0 Å². The van der Waals surface area contributed by atoms with Crippen LogP contribution in [-0.4, -0.2) is 20.3 Å². The second kappa shape index (κ2) is 2.45. The summed E-state index contributed by atoms with van der Waals surface area (Å²) >= 11 is 0. The van der Waals surface area contributed by atoms with Crippen molar-refractivity contribution in [3.63, 3.8) is 0 Å². The van der Waals surface area contributed by atoms with E-state index in [1.54, 1.807) is 0 Å². The van der Waals surface area contributed by atoms with Crippen LogP contribution in [-0.2, 0) is 14.3 Å². The fourth-order valence-corrected chi connectivity index (χ4v) is 0.354. The molecule has 0 aliphatic heterocycles. The first-order valence-corrected chi connectivity index (χ1v) is 3.20. The molecule has 0 aliphatic carbocycles. The predicted octanol–water partition coefficient (Wildman–Crippen LogP) is 0.460. The van der Waals surface area contributed by atoms with Crippen molar-refractivity contribution in [1.29, 1.82) is 5.41 Å². The molecule has 0 radical (unpaired) electrons. The molecule has 0 heterocycles. The molecule has 10 heavy (non-hydrogen) atoms. The summed E-state index contributed by atoms with van der Waals surface area (Å²) < 4.78 is 56.1. The lowest BCUT2D eigenvalue weighted by Crippen LogP contribution is -2.24. The maximum absolute atomic E-state index is 11.2. The summed E-state index contributed by atoms with van der Waals surface area (Å²) in [6.07, 6.45) is -0.303. The molecule has 0 atom stereocenters. The van der Waals surface area contributed by atoms with Crippen LogP contribution in [0.25, 0.3) is 0 Å². The molecule has 0 aromatic carbocycles. The van der Waals surface area contributed by atoms with Crippen molar-refractivity contribution < 1.29 is 25.8 Å². The smallest absolute Gasteiger partial charge is 0.364 e. The van der Waals surface area contributed by atoms with Crippen molar-refractivity contribution >= 4 is 16.5 Å². The van der Waals surface area contributed by atoms with Gasteiger partial charge in [0.15, 0.2) is 6.40 Å². The Morgan fingerprint density at radius 2 is 1.80 bits per heavy atom. The highest BCUT2D eigenvalue weighted by Crippen LogP contribution is 2.23. The van der Waals surface area contributed by atoms with Gasteiger partial charge < -0.3 is 4.18 Å². The van der Waals surface area contributed by atoms with Gasteiger partial charge in [-0.2, -0.15) is 21.6 Å². The zero-order chi connectivity index (χ0) is 8.41. The van der Waals surface area contributed by atoms with Gasteiger partial charge in [-0.25, -0.2) is 0 Å². The lowest BCUT2D eigenvalue weighted by atomic mass is 11.6. The minimum Gasteiger partial charge on any atom is -0.364 e. The minimum atomic E-state index is -5.59. The maximum Gasteiger partial charge on any atom is 0.534 e. The molecule has 0 spiro atoms. The number of nitrogens with one attached hydrogen (secondary N) is 1. The molecule has 0 unspecified atom stereocenters. The van der Waals surface area contributed by atoms with Crippen LogP contribution < -0.4 is 0 Å². The van der Waals surface area contributed by atoms with Crippen LogP contribution in [0.5, 0.6) is 0 Å². The summed E-state index contributed by atoms with van der Waals surface area (Å²) in [6.45, 7) is 0. The second-order valence-corrected chi connectivity index (χ2v) is 2.68. The van der Waals surface area contributed by atoms with Gasteiger partial charge >= 0.3 is 15.6 Å². The van der Waals surface area contributed by atoms with Gasteiger partial charge in [0.1, 0.15) is 0 Å². The summed E-state index contributed by atoms with van der Waals surface area (Å²) in [4.78, 5) is 0. The summed E-state index contributed by atoms with van der Waals surface area (Å²) in [5.41, 5.74) is -5.45. The van der Waals surface area contributed by atoms with Crippen molar-refractivity contribution in [1.82, 2.24) is 0 Å². The molecule has 60 valence electrons. The van der Waals surface area contributed by atoms with Crippen LogP contribution in [0.2, 0.25) is 0 Å². The molecule has 8 heteroatoms. The topological polar surface area (TPSA) is 67.2 Å². The molecule has 0 saturated carbocycles. The van der Waals surface area contributed by atoms with Gasteiger partial charge in [0.2, 0.25) is 0 Å². The molecule has 0 rings (SSSR count). The molecule has 4 nitrogen and oxygen atoms in total. The Kier molecular flexibility index (Phi) is 2.25. The molecule has 1 N–H and O–H groups in total. The third-order valence-electron chi connectivity index (χ3n) is 0.458. The van der Waals surface area contributed by atoms with Crippen molar-refractivity contribution in [3.8, 4) is 0 Å². The Hall–Kier alpha value is -0.790. The third kappa shape index (κ3) is 1.87. The Morgan fingerprint density at radius 3 is 1.90 bits per heavy atom. The van der Waals surface area contributed by atoms with E-state index in [4.69, 9.17) is 5.41 Å². The van der Waals surface area contributed by atoms with Crippen molar-refractivity contribution in [2.45, 2.75) is 5.51 Å².